The lowest BCUT2D eigenvalue weighted by Crippen LogP contribution is -2.42. The van der Waals surface area contributed by atoms with Gasteiger partial charge in [0.2, 0.25) is 29.6 Å². The molecule has 0 unspecified atom stereocenters. The molecule has 0 atom stereocenters. The molecule has 0 bridgehead atoms. The van der Waals surface area contributed by atoms with Gasteiger partial charge in [0.05, 0.1) is 34.3 Å². The molecule has 30 nitrogen and oxygen atoms in total. The average molecular weight is 1620 g/mol. The number of alkyl carbamates (subject to hydrolysis) is 2. The van der Waals surface area contributed by atoms with Crippen molar-refractivity contribution < 1.29 is 77.0 Å². The van der Waals surface area contributed by atoms with Crippen molar-refractivity contribution in [3.63, 3.8) is 0 Å². The second-order valence-electron chi connectivity index (χ2n) is 33.6. The minimum atomic E-state index is -1.06. The summed E-state index contributed by atoms with van der Waals surface area (Å²) in [6.07, 6.45) is 18.0. The van der Waals surface area contributed by atoms with E-state index in [1.54, 1.807) is 41.5 Å². The lowest BCUT2D eigenvalue weighted by molar-refractivity contribution is -0.143. The highest BCUT2D eigenvalue weighted by Gasteiger charge is 2.32. The predicted molar refractivity (Wildman–Crippen MR) is 452 cm³/mol. The molecule has 10 rings (SSSR count). The molecule has 6 aliphatic rings. The van der Waals surface area contributed by atoms with Crippen LogP contribution in [0.5, 0.6) is 0 Å². The molecule has 6 aliphatic carbocycles. The van der Waals surface area contributed by atoms with E-state index >= 15 is 0 Å². The number of nitrogens with one attached hydrogen (secondary N) is 4. The van der Waals surface area contributed by atoms with Crippen molar-refractivity contribution in [3.05, 3.63) is 59.9 Å². The molecule has 2 aromatic carbocycles. The molecular weight excluding hydrogens is 1480 g/mol. The SMILES string of the molecule is C.C.CC(C)(C)OC(=O)NC1CCC(C(=O)O)CC1.CC(C)(C)OC(=O)NC1CCC(C(N)=O)CC1.CC(C)(C)OC(=O)OC(=O)OC(C)(C)C.Cc1nc(NC2CCC(C(N)=O)CC2)nc2ccccc12.Cc1nc(NC2CCC(CN)CC2)nc2ccccc12.NC(=O)C1CCC(N)CC1.NC1CCC(C(=O)O)CC1.S.[B]. The maximum atomic E-state index is 11.5. The number of aliphatic carboxylic acids is 2. The van der Waals surface area contributed by atoms with Gasteiger partial charge in [0.25, 0.3) is 0 Å². The smallest absolute Gasteiger partial charge is 0.481 e. The van der Waals surface area contributed by atoms with E-state index in [-0.39, 0.29) is 108 Å². The van der Waals surface area contributed by atoms with E-state index < -0.39 is 52.7 Å². The van der Waals surface area contributed by atoms with Crippen LogP contribution in [0.1, 0.15) is 263 Å². The van der Waals surface area contributed by atoms with E-state index in [0.29, 0.717) is 55.7 Å². The summed E-state index contributed by atoms with van der Waals surface area (Å²) in [5.74, 6) is -0.120. The topological polar surface area (TPSA) is 496 Å². The number of hydrogen-bond donors (Lipinski definition) is 12. The third-order valence-electron chi connectivity index (χ3n) is 19.5. The van der Waals surface area contributed by atoms with E-state index in [1.165, 1.54) is 12.8 Å². The molecule has 0 spiro atoms. The van der Waals surface area contributed by atoms with Gasteiger partial charge >= 0.3 is 36.4 Å². The van der Waals surface area contributed by atoms with Crippen LogP contribution >= 0.6 is 13.5 Å². The summed E-state index contributed by atoms with van der Waals surface area (Å²) in [7, 11) is 0. The minimum Gasteiger partial charge on any atom is -0.481 e. The van der Waals surface area contributed by atoms with Crippen molar-refractivity contribution in [1.82, 2.24) is 30.6 Å². The van der Waals surface area contributed by atoms with Gasteiger partial charge in [-0.3, -0.25) is 24.0 Å². The highest BCUT2D eigenvalue weighted by Crippen LogP contribution is 2.31. The van der Waals surface area contributed by atoms with E-state index in [0.717, 1.165) is 161 Å². The van der Waals surface area contributed by atoms with Gasteiger partial charge < -0.3 is 89.6 Å². The number of carbonyl (C=O) groups excluding carboxylic acids is 7. The van der Waals surface area contributed by atoms with Crippen LogP contribution in [0.15, 0.2) is 48.5 Å². The fourth-order valence-electron chi connectivity index (χ4n) is 13.4. The van der Waals surface area contributed by atoms with Gasteiger partial charge in [0.15, 0.2) is 0 Å². The Morgan fingerprint density at radius 3 is 0.947 bits per heavy atom. The number of hydrogen-bond acceptors (Lipinski definition) is 23. The van der Waals surface area contributed by atoms with E-state index in [2.05, 4.69) is 52.0 Å². The summed E-state index contributed by atoms with van der Waals surface area (Å²) >= 11 is 0. The monoisotopic (exact) mass is 1620 g/mol. The first-order valence-corrected chi connectivity index (χ1v) is 39.0. The summed E-state index contributed by atoms with van der Waals surface area (Å²) in [6, 6.07) is 17.7. The summed E-state index contributed by atoms with van der Waals surface area (Å²) < 4.78 is 24.1. The van der Waals surface area contributed by atoms with Gasteiger partial charge in [0.1, 0.15) is 22.4 Å². The van der Waals surface area contributed by atoms with Crippen molar-refractivity contribution in [1.29, 1.82) is 0 Å². The number of nitrogens with zero attached hydrogens (tertiary/aromatic N) is 4. The van der Waals surface area contributed by atoms with Crippen molar-refractivity contribution in [2.45, 2.75) is 325 Å². The number of rotatable bonds is 12. The molecule has 114 heavy (non-hydrogen) atoms. The fraction of sp³-hybridized carbons (Fsp3) is 0.695. The van der Waals surface area contributed by atoms with Crippen molar-refractivity contribution in [3.8, 4) is 0 Å². The molecule has 3 radical (unpaired) electrons. The average Bonchev–Trinajstić information content (AvgIpc) is 0.818. The third-order valence-corrected chi connectivity index (χ3v) is 19.5. The van der Waals surface area contributed by atoms with E-state index in [4.69, 9.17) is 63.6 Å². The number of aryl methyl sites for hydroxylation is 2. The fourth-order valence-corrected chi connectivity index (χ4v) is 13.4. The Bertz CT molecular complexity index is 3460. The first-order valence-electron chi connectivity index (χ1n) is 39.0. The molecule has 4 aromatic rings. The van der Waals surface area contributed by atoms with Crippen molar-refractivity contribution in [2.75, 3.05) is 17.2 Å². The van der Waals surface area contributed by atoms with Crippen LogP contribution in [0.2, 0.25) is 0 Å². The van der Waals surface area contributed by atoms with Crippen LogP contribution in [-0.2, 0) is 47.7 Å². The van der Waals surface area contributed by atoms with Crippen molar-refractivity contribution in [2.24, 2.45) is 69.9 Å². The molecule has 18 N–H and O–H groups in total. The Morgan fingerprint density at radius 2 is 0.667 bits per heavy atom. The minimum absolute atomic E-state index is 0. The Labute approximate surface area is 685 Å². The van der Waals surface area contributed by atoms with Crippen LogP contribution in [0.25, 0.3) is 21.8 Å². The second-order valence-corrected chi connectivity index (χ2v) is 33.6. The first-order chi connectivity index (χ1) is 51.3. The number of para-hydroxylation sites is 2. The maximum Gasteiger partial charge on any atom is 0.519 e. The number of amides is 5. The Hall–Kier alpha value is -8.36. The standard InChI is InChI=1S/C16H20N4O.C16H22N4.C12H22N2O3.C12H21NO4.C10H18O5.C7H14N2O.C7H13NO2.2CH4.B.H2S/c1-10-13-4-2-3-5-14(13)20-16(18-10)19-12-8-6-11(7-9-12)15(17)21;1-11-14-4-2-3-5-15(14)20-16(18-11)19-13-8-6-12(10-17)7-9-13;1-12(2,3)17-11(16)14-9-6-4-8(5-7-9)10(13)15;1-12(2,3)17-11(16)13-9-6-4-8(5-7-9)10(14)15;1-9(2,3)14-7(11)13-8(12)15-10(4,5)6;2*8-6-3-1-5(2-4-6)7(9)10;;;;/h2-5,11-12H,6-9H2,1H3,(H2,17,21)(H,18,19,20);2-5,12-13H,6-10,17H2,1H3,(H,18,19,20);8-9H,4-7H2,1-3H3,(H2,13,15)(H,14,16);8-9H,4-7H2,1-3H3,(H,13,16)(H,14,15);1-6H3;5-6H,1-4,8H2,(H2,9,10);5-6H,1-4,8H2,(H,9,10);2*1H4;;1H2. The number of nitrogens with two attached hydrogens (primary N) is 6. The zero-order chi connectivity index (χ0) is 82.3. The van der Waals surface area contributed by atoms with Gasteiger partial charge in [-0.05, 0) is 276 Å². The van der Waals surface area contributed by atoms with Crippen LogP contribution in [0.3, 0.4) is 0 Å². The summed E-state index contributed by atoms with van der Waals surface area (Å²) in [6.45, 7) is 25.8. The van der Waals surface area contributed by atoms with Gasteiger partial charge in [-0.25, -0.2) is 39.1 Å². The lowest BCUT2D eigenvalue weighted by atomic mass is 9.86. The normalized spacial score (nSPS) is 23.1. The molecule has 2 heterocycles. The van der Waals surface area contributed by atoms with Crippen LogP contribution in [-0.4, -0.2) is 158 Å². The number of aromatic nitrogens is 4. The number of fused-ring (bicyclic) bond motifs is 2. The van der Waals surface area contributed by atoms with Crippen molar-refractivity contribution >= 4 is 110 Å². The van der Waals surface area contributed by atoms with Crippen LogP contribution in [0.4, 0.5) is 31.1 Å². The lowest BCUT2D eigenvalue weighted by Gasteiger charge is -2.28. The maximum absolute atomic E-state index is 11.5. The molecule has 643 valence electrons. The summed E-state index contributed by atoms with van der Waals surface area (Å²) in [4.78, 5) is 117. The first kappa shape index (κ1) is 106. The Kier molecular flexibility index (Phi) is 47.1. The molecule has 0 saturated heterocycles. The van der Waals surface area contributed by atoms with Gasteiger partial charge in [-0.15, -0.1) is 0 Å². The number of benzene rings is 2. The zero-order valence-corrected chi connectivity index (χ0v) is 69.7. The number of carboxylic acid groups (broad SMARTS) is 2. The molecule has 5 amide bonds. The van der Waals surface area contributed by atoms with Gasteiger partial charge in [-0.1, -0.05) is 51.3 Å². The van der Waals surface area contributed by atoms with Crippen LogP contribution in [0, 0.1) is 49.4 Å². The van der Waals surface area contributed by atoms with Crippen LogP contribution < -0.4 is 55.7 Å². The Balaban J connectivity index is 0.00000132. The highest BCUT2D eigenvalue weighted by molar-refractivity contribution is 7.59. The molecule has 32 heteroatoms. The number of primary amides is 3. The van der Waals surface area contributed by atoms with E-state index in [9.17, 15) is 43.2 Å². The molecule has 6 fully saturated rings. The summed E-state index contributed by atoms with van der Waals surface area (Å²) in [5, 5.41) is 32.1. The largest absolute Gasteiger partial charge is 0.519 e. The molecule has 0 aliphatic heterocycles. The number of carbonyl (C=O) groups is 9. The van der Waals surface area contributed by atoms with Gasteiger partial charge in [-0.2, -0.15) is 13.5 Å². The number of anilines is 2. The highest BCUT2D eigenvalue weighted by atomic mass is 32.1. The predicted octanol–water partition coefficient (Wildman–Crippen LogP) is 13.4. The van der Waals surface area contributed by atoms with Gasteiger partial charge in [0, 0.05) is 73.2 Å². The third kappa shape index (κ3) is 42.8. The summed E-state index contributed by atoms with van der Waals surface area (Å²) in [5.41, 5.74) is 34.3. The number of carboxylic acids is 2. The number of ether oxygens (including phenoxy) is 5. The van der Waals surface area contributed by atoms with E-state index in [1.807, 2.05) is 97.9 Å². The molecule has 2 aromatic heterocycles. The zero-order valence-electron chi connectivity index (χ0n) is 68.7. The molecule has 6 saturated carbocycles. The Morgan fingerprint density at radius 1 is 0.404 bits per heavy atom. The molecular formula is C82H140BN14O16S. The quantitative estimate of drug-likeness (QED) is 0.0271. The second kappa shape index (κ2) is 50.9.